The molecule has 32 heavy (non-hydrogen) atoms. The number of hydrogen-bond acceptors (Lipinski definition) is 3. The van der Waals surface area contributed by atoms with Gasteiger partial charge in [0.25, 0.3) is 0 Å². The number of anilines is 1. The zero-order chi connectivity index (χ0) is 22.6. The van der Waals surface area contributed by atoms with E-state index in [1.165, 1.54) is 22.0 Å². The van der Waals surface area contributed by atoms with E-state index < -0.39 is 0 Å². The standard InChI is InChI=1S/C27H35N3O2/c1-21-11-12-26-25(18-21)23(19-28-26)8-7-15-29-16-13-27(14-17-29,20-32-3)30(22(2)31)24-9-5-4-6-10-24/h4-6,9-12,18-19,28H,7-8,13-17,20H2,1-3H3. The summed E-state index contributed by atoms with van der Waals surface area (Å²) in [5, 5.41) is 1.35. The summed E-state index contributed by atoms with van der Waals surface area (Å²) in [6.45, 7) is 7.41. The number of piperidine rings is 1. The third kappa shape index (κ3) is 4.74. The van der Waals surface area contributed by atoms with Crippen LogP contribution in [-0.2, 0) is 16.0 Å². The molecule has 170 valence electrons. The van der Waals surface area contributed by atoms with Crippen molar-refractivity contribution >= 4 is 22.5 Å². The fourth-order valence-corrected chi connectivity index (χ4v) is 5.25. The average molecular weight is 434 g/mol. The van der Waals surface area contributed by atoms with Crippen LogP contribution in [0, 0.1) is 6.92 Å². The van der Waals surface area contributed by atoms with Crippen LogP contribution in [0.25, 0.3) is 10.9 Å². The van der Waals surface area contributed by atoms with Gasteiger partial charge in [-0.25, -0.2) is 0 Å². The molecule has 1 aliphatic heterocycles. The van der Waals surface area contributed by atoms with Gasteiger partial charge in [-0.1, -0.05) is 29.8 Å². The number of amides is 1. The van der Waals surface area contributed by atoms with Gasteiger partial charge < -0.3 is 19.5 Å². The number of methoxy groups -OCH3 is 1. The fourth-order valence-electron chi connectivity index (χ4n) is 5.25. The highest BCUT2D eigenvalue weighted by Gasteiger charge is 2.42. The monoisotopic (exact) mass is 433 g/mol. The summed E-state index contributed by atoms with van der Waals surface area (Å²) in [5.74, 6) is 0.0799. The number of aromatic nitrogens is 1. The predicted octanol–water partition coefficient (Wildman–Crippen LogP) is 4.94. The molecule has 1 aromatic heterocycles. The third-order valence-corrected chi connectivity index (χ3v) is 6.85. The minimum Gasteiger partial charge on any atom is -0.382 e. The van der Waals surface area contributed by atoms with Crippen molar-refractivity contribution in [2.75, 3.05) is 38.3 Å². The number of para-hydroxylation sites is 1. The second kappa shape index (κ2) is 9.88. The van der Waals surface area contributed by atoms with Crippen molar-refractivity contribution in [2.24, 2.45) is 0 Å². The molecule has 1 fully saturated rings. The minimum atomic E-state index is -0.285. The number of rotatable bonds is 8. The van der Waals surface area contributed by atoms with Crippen molar-refractivity contribution in [1.82, 2.24) is 9.88 Å². The number of nitrogens with zero attached hydrogens (tertiary/aromatic N) is 2. The third-order valence-electron chi connectivity index (χ3n) is 6.85. The van der Waals surface area contributed by atoms with E-state index in [0.29, 0.717) is 6.61 Å². The Kier molecular flexibility index (Phi) is 6.97. The van der Waals surface area contributed by atoms with Gasteiger partial charge in [0, 0.05) is 49.9 Å². The Balaban J connectivity index is 1.38. The Morgan fingerprint density at radius 1 is 1.16 bits per heavy atom. The van der Waals surface area contributed by atoms with E-state index in [1.54, 1.807) is 14.0 Å². The summed E-state index contributed by atoms with van der Waals surface area (Å²) in [6.07, 6.45) is 6.21. The van der Waals surface area contributed by atoms with Gasteiger partial charge >= 0.3 is 0 Å². The zero-order valence-corrected chi connectivity index (χ0v) is 19.6. The number of benzene rings is 2. The Hall–Kier alpha value is -2.63. The lowest BCUT2D eigenvalue weighted by atomic mass is 9.85. The van der Waals surface area contributed by atoms with E-state index in [9.17, 15) is 4.79 Å². The van der Waals surface area contributed by atoms with E-state index >= 15 is 0 Å². The summed E-state index contributed by atoms with van der Waals surface area (Å²) in [6, 6.07) is 16.6. The molecule has 0 atom stereocenters. The first-order chi connectivity index (χ1) is 15.5. The van der Waals surface area contributed by atoms with Crippen molar-refractivity contribution in [1.29, 1.82) is 0 Å². The lowest BCUT2D eigenvalue weighted by Gasteiger charge is -2.48. The summed E-state index contributed by atoms with van der Waals surface area (Å²) in [7, 11) is 1.74. The second-order valence-corrected chi connectivity index (χ2v) is 9.16. The number of nitrogens with one attached hydrogen (secondary N) is 1. The topological polar surface area (TPSA) is 48.6 Å². The maximum absolute atomic E-state index is 12.7. The fraction of sp³-hybridized carbons (Fsp3) is 0.444. The highest BCUT2D eigenvalue weighted by molar-refractivity contribution is 5.93. The molecule has 2 heterocycles. The van der Waals surface area contributed by atoms with Gasteiger partial charge in [-0.05, 0) is 69.0 Å². The molecule has 0 spiro atoms. The zero-order valence-electron chi connectivity index (χ0n) is 19.6. The van der Waals surface area contributed by atoms with Crippen molar-refractivity contribution in [3.63, 3.8) is 0 Å². The van der Waals surface area contributed by atoms with Crippen LogP contribution >= 0.6 is 0 Å². The highest BCUT2D eigenvalue weighted by atomic mass is 16.5. The quantitative estimate of drug-likeness (QED) is 0.547. The molecule has 5 nitrogen and oxygen atoms in total. The number of hydrogen-bond donors (Lipinski definition) is 1. The molecule has 5 heteroatoms. The van der Waals surface area contributed by atoms with Crippen molar-refractivity contribution < 1.29 is 9.53 Å². The minimum absolute atomic E-state index is 0.0799. The first kappa shape index (κ1) is 22.6. The summed E-state index contributed by atoms with van der Waals surface area (Å²) in [5.41, 5.74) is 4.60. The number of carbonyl (C=O) groups excluding carboxylic acids is 1. The van der Waals surface area contributed by atoms with Crippen LogP contribution in [0.15, 0.2) is 54.7 Å². The first-order valence-electron chi connectivity index (χ1n) is 11.7. The van der Waals surface area contributed by atoms with Gasteiger partial charge in [0.15, 0.2) is 0 Å². The van der Waals surface area contributed by atoms with Gasteiger partial charge in [-0.15, -0.1) is 0 Å². The number of ether oxygens (including phenoxy) is 1. The Morgan fingerprint density at radius 2 is 1.91 bits per heavy atom. The Morgan fingerprint density at radius 3 is 2.59 bits per heavy atom. The highest BCUT2D eigenvalue weighted by Crippen LogP contribution is 2.34. The normalized spacial score (nSPS) is 16.3. The van der Waals surface area contributed by atoms with Crippen molar-refractivity contribution in [3.8, 4) is 0 Å². The van der Waals surface area contributed by atoms with Crippen LogP contribution in [0.3, 0.4) is 0 Å². The number of H-pyrrole nitrogens is 1. The molecule has 3 aromatic rings. The molecule has 0 radical (unpaired) electrons. The number of fused-ring (bicyclic) bond motifs is 1. The maximum atomic E-state index is 12.7. The molecular weight excluding hydrogens is 398 g/mol. The molecule has 1 aliphatic rings. The molecule has 0 bridgehead atoms. The van der Waals surface area contributed by atoms with Crippen LogP contribution in [-0.4, -0.2) is 54.7 Å². The Bertz CT molecular complexity index is 1040. The SMILES string of the molecule is COCC1(N(C(C)=O)c2ccccc2)CCN(CCCc2c[nH]c3ccc(C)cc23)CC1. The predicted molar refractivity (Wildman–Crippen MR) is 131 cm³/mol. The summed E-state index contributed by atoms with van der Waals surface area (Å²) >= 11 is 0. The second-order valence-electron chi connectivity index (χ2n) is 9.16. The van der Waals surface area contributed by atoms with Crippen LogP contribution < -0.4 is 4.90 Å². The first-order valence-corrected chi connectivity index (χ1v) is 11.7. The molecule has 4 rings (SSSR count). The molecule has 0 aliphatic carbocycles. The van der Waals surface area contributed by atoms with Crippen LogP contribution in [0.5, 0.6) is 0 Å². The van der Waals surface area contributed by atoms with Crippen molar-refractivity contribution in [2.45, 2.75) is 45.1 Å². The summed E-state index contributed by atoms with van der Waals surface area (Å²) in [4.78, 5) is 20.6. The van der Waals surface area contributed by atoms with E-state index in [4.69, 9.17) is 4.74 Å². The smallest absolute Gasteiger partial charge is 0.224 e. The van der Waals surface area contributed by atoms with E-state index in [-0.39, 0.29) is 11.4 Å². The lowest BCUT2D eigenvalue weighted by Crippen LogP contribution is -2.60. The average Bonchev–Trinajstić information content (AvgIpc) is 3.18. The van der Waals surface area contributed by atoms with Crippen LogP contribution in [0.2, 0.25) is 0 Å². The lowest BCUT2D eigenvalue weighted by molar-refractivity contribution is -0.118. The van der Waals surface area contributed by atoms with Gasteiger partial charge in [0.05, 0.1) is 12.1 Å². The van der Waals surface area contributed by atoms with Crippen LogP contribution in [0.4, 0.5) is 5.69 Å². The molecule has 2 aromatic carbocycles. The summed E-state index contributed by atoms with van der Waals surface area (Å²) < 4.78 is 5.64. The molecule has 1 N–H and O–H groups in total. The van der Waals surface area contributed by atoms with E-state index in [0.717, 1.165) is 51.0 Å². The van der Waals surface area contributed by atoms with E-state index in [2.05, 4.69) is 41.2 Å². The number of carbonyl (C=O) groups is 1. The number of aryl methyl sites for hydroxylation is 2. The van der Waals surface area contributed by atoms with Gasteiger partial charge in [-0.3, -0.25) is 4.79 Å². The largest absolute Gasteiger partial charge is 0.382 e. The molecule has 0 unspecified atom stereocenters. The van der Waals surface area contributed by atoms with Crippen molar-refractivity contribution in [3.05, 3.63) is 65.9 Å². The molecule has 1 amide bonds. The van der Waals surface area contributed by atoms with Crippen LogP contribution in [0.1, 0.15) is 37.3 Å². The Labute approximate surface area is 191 Å². The van der Waals surface area contributed by atoms with Gasteiger partial charge in [-0.2, -0.15) is 0 Å². The maximum Gasteiger partial charge on any atom is 0.224 e. The molecular formula is C27H35N3O2. The molecule has 0 saturated carbocycles. The molecule has 1 saturated heterocycles. The number of aromatic amines is 1. The van der Waals surface area contributed by atoms with E-state index in [1.807, 2.05) is 35.2 Å². The number of likely N-dealkylation sites (tertiary alicyclic amines) is 1. The van der Waals surface area contributed by atoms with Gasteiger partial charge in [0.1, 0.15) is 0 Å². The van der Waals surface area contributed by atoms with Gasteiger partial charge in [0.2, 0.25) is 5.91 Å².